The summed E-state index contributed by atoms with van der Waals surface area (Å²) in [5.74, 6) is -0.0738. The molecule has 4 rings (SSSR count). The lowest BCUT2D eigenvalue weighted by atomic mass is 10.2. The molecule has 1 heterocycles. The van der Waals surface area contributed by atoms with Crippen LogP contribution in [0.2, 0.25) is 0 Å². The minimum absolute atomic E-state index is 0.0738. The molecule has 0 aromatic heterocycles. The first-order valence-corrected chi connectivity index (χ1v) is 12.1. The Morgan fingerprint density at radius 1 is 0.848 bits per heavy atom. The van der Waals surface area contributed by atoms with Crippen LogP contribution in [0, 0.1) is 11.3 Å². The number of hydrogen-bond acceptors (Lipinski definition) is 5. The summed E-state index contributed by atoms with van der Waals surface area (Å²) < 4.78 is 0. The summed E-state index contributed by atoms with van der Waals surface area (Å²) in [7, 11) is 0. The Balaban J connectivity index is 1.26. The van der Waals surface area contributed by atoms with Crippen molar-refractivity contribution in [3.8, 4) is 6.07 Å². The van der Waals surface area contributed by atoms with Gasteiger partial charge >= 0.3 is 0 Å². The number of carbonyl (C=O) groups is 1. The van der Waals surface area contributed by atoms with Gasteiger partial charge in [-0.1, -0.05) is 66.4 Å². The summed E-state index contributed by atoms with van der Waals surface area (Å²) in [6.07, 6.45) is 0. The Hall–Kier alpha value is -3.11. The summed E-state index contributed by atoms with van der Waals surface area (Å²) in [6, 6.07) is 27.8. The monoisotopic (exact) mass is 456 g/mol. The highest BCUT2D eigenvalue weighted by atomic mass is 32.2. The fraction of sp³-hybridized carbons (Fsp3) is 0.259. The van der Waals surface area contributed by atoms with Crippen molar-refractivity contribution >= 4 is 17.7 Å². The summed E-state index contributed by atoms with van der Waals surface area (Å²) >= 11 is 1.46. The van der Waals surface area contributed by atoms with Crippen molar-refractivity contribution in [2.24, 2.45) is 0 Å². The number of piperazine rings is 1. The van der Waals surface area contributed by atoms with E-state index in [0.717, 1.165) is 49.1 Å². The minimum atomic E-state index is -0.0738. The Labute approximate surface area is 200 Å². The first kappa shape index (κ1) is 23.1. The zero-order chi connectivity index (χ0) is 22.9. The normalized spacial score (nSPS) is 14.5. The van der Waals surface area contributed by atoms with Gasteiger partial charge in [0.05, 0.1) is 11.1 Å². The van der Waals surface area contributed by atoms with Crippen molar-refractivity contribution in [2.45, 2.75) is 16.3 Å². The van der Waals surface area contributed by atoms with Gasteiger partial charge in [-0.05, 0) is 29.8 Å². The molecule has 6 heteroatoms. The van der Waals surface area contributed by atoms with Gasteiger partial charge in [0, 0.05) is 55.6 Å². The van der Waals surface area contributed by atoms with Crippen molar-refractivity contribution < 1.29 is 4.79 Å². The predicted molar refractivity (Wildman–Crippen MR) is 132 cm³/mol. The lowest BCUT2D eigenvalue weighted by molar-refractivity contribution is 0.0931. The molecule has 3 aromatic rings. The second-order valence-corrected chi connectivity index (χ2v) is 9.15. The number of rotatable bonds is 8. The van der Waals surface area contributed by atoms with E-state index in [1.807, 2.05) is 42.5 Å². The smallest absolute Gasteiger partial charge is 0.252 e. The number of nitrogens with one attached hydrogen (secondary N) is 1. The van der Waals surface area contributed by atoms with Crippen LogP contribution in [0.1, 0.15) is 21.5 Å². The highest BCUT2D eigenvalue weighted by Crippen LogP contribution is 2.32. The maximum atomic E-state index is 12.9. The standard InChI is InChI=1S/C27H28N4OS/c28-20-23-10-4-6-12-25(23)33-26-13-7-5-11-24(26)27(32)29-14-15-30-16-18-31(19-17-30)21-22-8-2-1-3-9-22/h1-13H,14-19,21H2,(H,29,32). The van der Waals surface area contributed by atoms with Crippen LogP contribution in [0.3, 0.4) is 0 Å². The molecular formula is C27H28N4OS. The molecule has 0 bridgehead atoms. The van der Waals surface area contributed by atoms with Crippen LogP contribution in [0.15, 0.2) is 88.7 Å². The number of carbonyl (C=O) groups excluding carboxylic acids is 1. The Morgan fingerprint density at radius 3 is 2.24 bits per heavy atom. The van der Waals surface area contributed by atoms with Crippen LogP contribution >= 0.6 is 11.8 Å². The lowest BCUT2D eigenvalue weighted by Crippen LogP contribution is -2.48. The molecule has 0 atom stereocenters. The molecule has 1 saturated heterocycles. The van der Waals surface area contributed by atoms with E-state index in [0.29, 0.717) is 17.7 Å². The molecule has 1 fully saturated rings. The topological polar surface area (TPSA) is 59.4 Å². The molecule has 0 spiro atoms. The van der Waals surface area contributed by atoms with Crippen molar-refractivity contribution in [2.75, 3.05) is 39.3 Å². The molecular weight excluding hydrogens is 428 g/mol. The van der Waals surface area contributed by atoms with Crippen LogP contribution in [0.4, 0.5) is 0 Å². The van der Waals surface area contributed by atoms with Gasteiger partial charge in [0.15, 0.2) is 0 Å². The van der Waals surface area contributed by atoms with Crippen molar-refractivity contribution in [1.29, 1.82) is 5.26 Å². The van der Waals surface area contributed by atoms with Gasteiger partial charge in [-0.2, -0.15) is 5.26 Å². The summed E-state index contributed by atoms with van der Waals surface area (Å²) in [5, 5.41) is 12.4. The van der Waals surface area contributed by atoms with E-state index in [1.54, 1.807) is 6.07 Å². The molecule has 33 heavy (non-hydrogen) atoms. The fourth-order valence-electron chi connectivity index (χ4n) is 3.95. The third kappa shape index (κ3) is 6.45. The first-order chi connectivity index (χ1) is 16.2. The third-order valence-electron chi connectivity index (χ3n) is 5.79. The maximum absolute atomic E-state index is 12.9. The second-order valence-electron chi connectivity index (χ2n) is 8.07. The van der Waals surface area contributed by atoms with Gasteiger partial charge in [-0.25, -0.2) is 0 Å². The highest BCUT2D eigenvalue weighted by molar-refractivity contribution is 7.99. The van der Waals surface area contributed by atoms with Crippen molar-refractivity contribution in [1.82, 2.24) is 15.1 Å². The van der Waals surface area contributed by atoms with Gasteiger partial charge in [0.1, 0.15) is 6.07 Å². The average Bonchev–Trinajstić information content (AvgIpc) is 2.86. The van der Waals surface area contributed by atoms with Gasteiger partial charge in [-0.15, -0.1) is 0 Å². The number of benzene rings is 3. The van der Waals surface area contributed by atoms with Crippen LogP contribution in [-0.4, -0.2) is 55.0 Å². The van der Waals surface area contributed by atoms with E-state index in [4.69, 9.17) is 0 Å². The van der Waals surface area contributed by atoms with Crippen LogP contribution in [-0.2, 0) is 6.54 Å². The molecule has 5 nitrogen and oxygen atoms in total. The van der Waals surface area contributed by atoms with E-state index < -0.39 is 0 Å². The van der Waals surface area contributed by atoms with Gasteiger partial charge in [0.25, 0.3) is 5.91 Å². The van der Waals surface area contributed by atoms with Crippen LogP contribution < -0.4 is 5.32 Å². The zero-order valence-corrected chi connectivity index (χ0v) is 19.4. The summed E-state index contributed by atoms with van der Waals surface area (Å²) in [5.41, 5.74) is 2.61. The van der Waals surface area contributed by atoms with Crippen molar-refractivity contribution in [3.05, 3.63) is 95.6 Å². The van der Waals surface area contributed by atoms with Crippen LogP contribution in [0.25, 0.3) is 0 Å². The number of hydrogen-bond donors (Lipinski definition) is 1. The molecule has 3 aromatic carbocycles. The van der Waals surface area contributed by atoms with Crippen LogP contribution in [0.5, 0.6) is 0 Å². The first-order valence-electron chi connectivity index (χ1n) is 11.3. The molecule has 168 valence electrons. The number of amides is 1. The number of nitrogens with zero attached hydrogens (tertiary/aromatic N) is 3. The predicted octanol–water partition coefficient (Wildman–Crippen LogP) is 4.26. The third-order valence-corrected chi connectivity index (χ3v) is 6.94. The zero-order valence-electron chi connectivity index (χ0n) is 18.6. The fourth-order valence-corrected chi connectivity index (χ4v) is 4.97. The molecule has 1 aliphatic rings. The molecule has 0 unspecified atom stereocenters. The SMILES string of the molecule is N#Cc1ccccc1Sc1ccccc1C(=O)NCCN1CCN(Cc2ccccc2)CC1. The lowest BCUT2D eigenvalue weighted by Gasteiger charge is -2.34. The quantitative estimate of drug-likeness (QED) is 0.549. The highest BCUT2D eigenvalue weighted by Gasteiger charge is 2.18. The summed E-state index contributed by atoms with van der Waals surface area (Å²) in [6.45, 7) is 6.57. The second kappa shape index (κ2) is 11.7. The van der Waals surface area contributed by atoms with Gasteiger partial charge in [-0.3, -0.25) is 14.6 Å². The Kier molecular flexibility index (Phi) is 8.15. The van der Waals surface area contributed by atoms with E-state index in [1.165, 1.54) is 17.3 Å². The van der Waals surface area contributed by atoms with Crippen molar-refractivity contribution in [3.63, 3.8) is 0 Å². The summed E-state index contributed by atoms with van der Waals surface area (Å²) in [4.78, 5) is 19.5. The Bertz CT molecular complexity index is 1100. The van der Waals surface area contributed by atoms with E-state index in [2.05, 4.69) is 51.5 Å². The largest absolute Gasteiger partial charge is 0.351 e. The molecule has 0 radical (unpaired) electrons. The van der Waals surface area contributed by atoms with E-state index in [-0.39, 0.29) is 5.91 Å². The maximum Gasteiger partial charge on any atom is 0.252 e. The van der Waals surface area contributed by atoms with Gasteiger partial charge in [0.2, 0.25) is 0 Å². The Morgan fingerprint density at radius 2 is 1.48 bits per heavy atom. The molecule has 1 amide bonds. The molecule has 0 saturated carbocycles. The minimum Gasteiger partial charge on any atom is -0.351 e. The number of nitriles is 1. The van der Waals surface area contributed by atoms with Gasteiger partial charge < -0.3 is 5.32 Å². The van der Waals surface area contributed by atoms with E-state index >= 15 is 0 Å². The average molecular weight is 457 g/mol. The molecule has 1 N–H and O–H groups in total. The van der Waals surface area contributed by atoms with E-state index in [9.17, 15) is 10.1 Å². The molecule has 1 aliphatic heterocycles. The molecule has 0 aliphatic carbocycles.